The molecule has 0 unspecified atom stereocenters. The number of hydrogen-bond donors (Lipinski definition) is 1. The van der Waals surface area contributed by atoms with Crippen LogP contribution in [-0.4, -0.2) is 20.3 Å². The summed E-state index contributed by atoms with van der Waals surface area (Å²) in [6.45, 7) is 3.79. The average molecular weight is 534 g/mol. The average Bonchev–Trinajstić information content (AvgIpc) is 3.19. The Hall–Kier alpha value is -2.89. The van der Waals surface area contributed by atoms with Crippen LogP contribution >= 0.6 is 0 Å². The molecule has 3 heterocycles. The van der Waals surface area contributed by atoms with Crippen LogP contribution in [0.4, 0.5) is 5.69 Å². The molecule has 0 spiro atoms. The first-order valence-corrected chi connectivity index (χ1v) is 11.6. The second-order valence-corrected chi connectivity index (χ2v) is 9.27. The van der Waals surface area contributed by atoms with E-state index in [4.69, 9.17) is 10.7 Å². The van der Waals surface area contributed by atoms with Gasteiger partial charge in [0.05, 0.1) is 0 Å². The minimum atomic E-state index is 0. The van der Waals surface area contributed by atoms with Crippen LogP contribution in [0.25, 0.3) is 44.3 Å². The van der Waals surface area contributed by atoms with Crippen LogP contribution < -0.4 is 5.73 Å². The summed E-state index contributed by atoms with van der Waals surface area (Å²) in [7, 11) is 0. The zero-order valence-electron chi connectivity index (χ0n) is 19.8. The fraction of sp³-hybridized carbons (Fsp3) is 0.207. The van der Waals surface area contributed by atoms with Crippen LogP contribution in [0.15, 0.2) is 67.0 Å². The van der Waals surface area contributed by atoms with Crippen molar-refractivity contribution in [3.05, 3.63) is 78.6 Å². The van der Waals surface area contributed by atoms with Crippen LogP contribution in [0.1, 0.15) is 31.4 Å². The Labute approximate surface area is 229 Å². The number of nitrogens with zero attached hydrogens (tertiary/aromatic N) is 3. The number of benzene rings is 2. The van der Waals surface area contributed by atoms with E-state index in [-0.39, 0.29) is 50.5 Å². The van der Waals surface area contributed by atoms with E-state index in [9.17, 15) is 4.79 Å². The molecule has 6 heteroatoms. The summed E-state index contributed by atoms with van der Waals surface area (Å²) >= 11 is 0. The van der Waals surface area contributed by atoms with Gasteiger partial charge in [0.25, 0.3) is 0 Å². The number of fused-ring (bicyclic) bond motifs is 2. The molecule has 0 amide bonds. The molecular formula is C29H25N4OY-. The molecule has 0 saturated heterocycles. The van der Waals surface area contributed by atoms with E-state index < -0.39 is 0 Å². The van der Waals surface area contributed by atoms with Crippen LogP contribution in [0.3, 0.4) is 0 Å². The van der Waals surface area contributed by atoms with Crippen molar-refractivity contribution in [2.75, 3.05) is 5.73 Å². The minimum Gasteiger partial charge on any atom is -0.398 e. The first-order valence-electron chi connectivity index (χ1n) is 11.6. The molecule has 1 fully saturated rings. The summed E-state index contributed by atoms with van der Waals surface area (Å²) in [4.78, 5) is 21.5. The van der Waals surface area contributed by atoms with Gasteiger partial charge in [-0.05, 0) is 55.1 Å². The molecular weight excluding hydrogens is 509 g/mol. The van der Waals surface area contributed by atoms with Gasteiger partial charge in [-0.15, -0.1) is 23.6 Å². The fourth-order valence-corrected chi connectivity index (χ4v) is 5.14. The van der Waals surface area contributed by atoms with E-state index >= 15 is 0 Å². The maximum absolute atomic E-state index is 11.8. The van der Waals surface area contributed by atoms with Gasteiger partial charge in [-0.1, -0.05) is 42.0 Å². The zero-order valence-corrected chi connectivity index (χ0v) is 22.7. The molecule has 2 aromatic carbocycles. The second kappa shape index (κ2) is 9.29. The number of anilines is 1. The van der Waals surface area contributed by atoms with E-state index in [1.165, 1.54) is 0 Å². The largest absolute Gasteiger partial charge is 0.398 e. The number of nitrogens with two attached hydrogens (primary N) is 1. The number of carbonyl (C=O) groups excluding carboxylic acids is 1. The van der Waals surface area contributed by atoms with Crippen molar-refractivity contribution in [1.29, 1.82) is 0 Å². The Morgan fingerprint density at radius 1 is 1.09 bits per heavy atom. The fourth-order valence-electron chi connectivity index (χ4n) is 5.14. The van der Waals surface area contributed by atoms with Crippen molar-refractivity contribution in [2.24, 2.45) is 5.92 Å². The number of pyridine rings is 2. The molecule has 0 atom stereocenters. The normalized spacial score (nSPS) is 17.2. The number of aryl methyl sites for hydroxylation is 1. The number of nitrogen functional groups attached to an aromatic ring is 1. The Balaban J connectivity index is 0.00000253. The number of hydrogen-bond acceptors (Lipinski definition) is 4. The Kier molecular flexibility index (Phi) is 6.33. The van der Waals surface area contributed by atoms with Crippen molar-refractivity contribution in [3.63, 3.8) is 0 Å². The van der Waals surface area contributed by atoms with E-state index in [2.05, 4.69) is 53.0 Å². The van der Waals surface area contributed by atoms with Gasteiger partial charge in [0, 0.05) is 73.7 Å². The number of aromatic nitrogens is 3. The summed E-state index contributed by atoms with van der Waals surface area (Å²) in [6.07, 6.45) is 5.62. The molecule has 0 bridgehead atoms. The first-order chi connectivity index (χ1) is 16.5. The molecule has 2 N–H and O–H groups in total. The number of Topliss-reactive ketones (excluding diaryl/α,β-unsaturated/α-hetero) is 1. The van der Waals surface area contributed by atoms with E-state index in [0.29, 0.717) is 5.69 Å². The van der Waals surface area contributed by atoms with E-state index in [1.807, 2.05) is 30.3 Å². The predicted molar refractivity (Wildman–Crippen MR) is 136 cm³/mol. The summed E-state index contributed by atoms with van der Waals surface area (Å²) in [5.41, 5.74) is 14.2. The van der Waals surface area contributed by atoms with Gasteiger partial charge >= 0.3 is 0 Å². The summed E-state index contributed by atoms with van der Waals surface area (Å²) in [5.74, 6) is 0.410. The number of ketones is 1. The molecule has 5 aromatic rings. The van der Waals surface area contributed by atoms with Crippen LogP contribution in [-0.2, 0) is 37.5 Å². The molecule has 171 valence electrons. The SMILES string of the molecule is CC(=O)C1CC(n2cc(-c3ccc4[c-]cc(-c5ccccc5)nc4c3C)c3c(N)ccnc32)C1.[Y]. The summed E-state index contributed by atoms with van der Waals surface area (Å²) in [6, 6.07) is 21.8. The zero-order chi connectivity index (χ0) is 23.4. The van der Waals surface area contributed by atoms with Crippen molar-refractivity contribution in [2.45, 2.75) is 32.7 Å². The van der Waals surface area contributed by atoms with Gasteiger partial charge in [0.15, 0.2) is 0 Å². The molecule has 3 aromatic heterocycles. The monoisotopic (exact) mass is 534 g/mol. The summed E-state index contributed by atoms with van der Waals surface area (Å²) in [5, 5.41) is 1.94. The molecule has 1 saturated carbocycles. The molecule has 1 aliphatic rings. The van der Waals surface area contributed by atoms with Gasteiger partial charge < -0.3 is 15.3 Å². The van der Waals surface area contributed by atoms with Crippen molar-refractivity contribution >= 4 is 33.4 Å². The van der Waals surface area contributed by atoms with Gasteiger partial charge in [0.1, 0.15) is 11.4 Å². The van der Waals surface area contributed by atoms with Gasteiger partial charge in [-0.3, -0.25) is 4.79 Å². The van der Waals surface area contributed by atoms with Crippen molar-refractivity contribution in [1.82, 2.24) is 14.5 Å². The third-order valence-electron chi connectivity index (χ3n) is 7.21. The maximum atomic E-state index is 11.8. The molecule has 1 radical (unpaired) electrons. The van der Waals surface area contributed by atoms with Crippen molar-refractivity contribution < 1.29 is 37.5 Å². The van der Waals surface area contributed by atoms with E-state index in [0.717, 1.165) is 62.7 Å². The van der Waals surface area contributed by atoms with Gasteiger partial charge in [-0.2, -0.15) is 0 Å². The van der Waals surface area contributed by atoms with Gasteiger partial charge in [-0.25, -0.2) is 4.98 Å². The number of rotatable bonds is 4. The van der Waals surface area contributed by atoms with E-state index in [1.54, 1.807) is 13.1 Å². The molecule has 6 rings (SSSR count). The topological polar surface area (TPSA) is 73.8 Å². The quantitative estimate of drug-likeness (QED) is 0.281. The summed E-state index contributed by atoms with van der Waals surface area (Å²) < 4.78 is 2.21. The molecule has 0 aliphatic heterocycles. The predicted octanol–water partition coefficient (Wildman–Crippen LogP) is 6.15. The standard InChI is InChI=1S/C29H25N4O.Y/c1-17-23(10-8-20-9-11-26(32-28(17)20)19-6-4-3-5-7-19)24-16-33(22-14-21(15-22)18(2)34)29-27(24)25(30)12-13-31-29;/h3-8,10-13,16,21-22H,14-15H2,1-2H3,(H2,30,31);/q-1;. The second-order valence-electron chi connectivity index (χ2n) is 9.27. The molecule has 5 nitrogen and oxygen atoms in total. The third-order valence-corrected chi connectivity index (χ3v) is 7.21. The van der Waals surface area contributed by atoms with Crippen LogP contribution in [0.5, 0.6) is 0 Å². The van der Waals surface area contributed by atoms with Gasteiger partial charge in [0.2, 0.25) is 0 Å². The number of carbonyl (C=O) groups is 1. The first kappa shape index (κ1) is 23.8. The third kappa shape index (κ3) is 4.01. The molecule has 35 heavy (non-hydrogen) atoms. The Bertz CT molecular complexity index is 1570. The minimum absolute atomic E-state index is 0. The van der Waals surface area contributed by atoms with Crippen molar-refractivity contribution in [3.8, 4) is 22.4 Å². The van der Waals surface area contributed by atoms with Crippen LogP contribution in [0.2, 0.25) is 0 Å². The van der Waals surface area contributed by atoms with Crippen LogP contribution in [0, 0.1) is 18.9 Å². The molecule has 1 aliphatic carbocycles. The Morgan fingerprint density at radius 3 is 2.60 bits per heavy atom. The smallest absolute Gasteiger partial charge is 0.142 e. The maximum Gasteiger partial charge on any atom is 0.142 e. The Morgan fingerprint density at radius 2 is 1.86 bits per heavy atom.